The van der Waals surface area contributed by atoms with Crippen LogP contribution in [-0.4, -0.2) is 23.1 Å². The first-order valence-electron chi connectivity index (χ1n) is 17.3. The van der Waals surface area contributed by atoms with Crippen molar-refractivity contribution in [2.24, 2.45) is 0 Å². The molecule has 0 aliphatic carbocycles. The van der Waals surface area contributed by atoms with Gasteiger partial charge in [-0.2, -0.15) is 0 Å². The van der Waals surface area contributed by atoms with Crippen LogP contribution in [0.25, 0.3) is 0 Å². The van der Waals surface area contributed by atoms with Gasteiger partial charge in [0.05, 0.1) is 0 Å². The number of carboxylic acid groups (broad SMARTS) is 1. The van der Waals surface area contributed by atoms with Crippen molar-refractivity contribution in [2.75, 3.05) is 0 Å². The summed E-state index contributed by atoms with van der Waals surface area (Å²) in [7, 11) is 0. The molecule has 0 saturated carbocycles. The Hall–Kier alpha value is -1.58. The van der Waals surface area contributed by atoms with E-state index in [2.05, 4.69) is 38.2 Å². The number of allylic oxidation sites excluding steroid dienone is 4. The number of carbonyl (C=O) groups excluding carboxylic acids is 1. The fourth-order valence-electron chi connectivity index (χ4n) is 5.09. The topological polar surface area (TPSA) is 63.6 Å². The fraction of sp³-hybridized carbons (Fsp3) is 0.833. The molecule has 0 aromatic carbocycles. The summed E-state index contributed by atoms with van der Waals surface area (Å²) in [4.78, 5) is 22.7. The van der Waals surface area contributed by atoms with Crippen molar-refractivity contribution >= 4 is 11.9 Å². The third kappa shape index (κ3) is 31.0. The summed E-state index contributed by atoms with van der Waals surface area (Å²) in [5.74, 6) is -0.673. The molecule has 1 unspecified atom stereocenters. The monoisotopic (exact) mass is 562 g/mol. The highest BCUT2D eigenvalue weighted by atomic mass is 16.5. The average molecular weight is 563 g/mol. The second kappa shape index (κ2) is 31.9. The number of rotatable bonds is 31. The molecule has 0 fully saturated rings. The molecule has 0 aromatic heterocycles. The lowest BCUT2D eigenvalue weighted by Crippen LogP contribution is -2.17. The molecule has 0 aliphatic rings. The van der Waals surface area contributed by atoms with Crippen LogP contribution >= 0.6 is 0 Å². The number of aliphatic carboxylic acids is 1. The van der Waals surface area contributed by atoms with Crippen LogP contribution in [0.5, 0.6) is 0 Å². The Morgan fingerprint density at radius 1 is 0.575 bits per heavy atom. The number of carboxylic acids is 1. The minimum absolute atomic E-state index is 0.000539. The first-order valence-corrected chi connectivity index (χ1v) is 17.3. The van der Waals surface area contributed by atoms with Gasteiger partial charge in [-0.3, -0.25) is 9.59 Å². The molecule has 40 heavy (non-hydrogen) atoms. The molecule has 0 aliphatic heterocycles. The van der Waals surface area contributed by atoms with Gasteiger partial charge in [-0.05, 0) is 64.2 Å². The lowest BCUT2D eigenvalue weighted by Gasteiger charge is -2.16. The maximum atomic E-state index is 12.2. The first kappa shape index (κ1) is 38.4. The normalized spacial score (nSPS) is 12.4. The molecule has 0 spiro atoms. The molecule has 0 saturated heterocycles. The lowest BCUT2D eigenvalue weighted by atomic mass is 10.0. The molecule has 0 radical (unpaired) electrons. The summed E-state index contributed by atoms with van der Waals surface area (Å²) in [6.07, 6.45) is 39.8. The van der Waals surface area contributed by atoms with Crippen LogP contribution in [0.3, 0.4) is 0 Å². The summed E-state index contributed by atoms with van der Waals surface area (Å²) in [5.41, 5.74) is 0. The molecule has 0 bridgehead atoms. The molecule has 0 aromatic rings. The van der Waals surface area contributed by atoms with E-state index in [1.807, 2.05) is 0 Å². The zero-order valence-electron chi connectivity index (χ0n) is 26.7. The van der Waals surface area contributed by atoms with E-state index >= 15 is 0 Å². The molecular weight excluding hydrogens is 496 g/mol. The van der Waals surface area contributed by atoms with Gasteiger partial charge in [0.15, 0.2) is 0 Å². The van der Waals surface area contributed by atoms with Gasteiger partial charge >= 0.3 is 11.9 Å². The van der Waals surface area contributed by atoms with Crippen molar-refractivity contribution < 1.29 is 19.4 Å². The van der Waals surface area contributed by atoms with E-state index in [1.165, 1.54) is 109 Å². The molecule has 234 valence electrons. The number of hydrogen-bond acceptors (Lipinski definition) is 3. The van der Waals surface area contributed by atoms with E-state index in [1.54, 1.807) is 0 Å². The zero-order chi connectivity index (χ0) is 29.4. The zero-order valence-corrected chi connectivity index (χ0v) is 26.7. The fourth-order valence-corrected chi connectivity index (χ4v) is 5.09. The maximum Gasteiger partial charge on any atom is 0.306 e. The summed E-state index contributed by atoms with van der Waals surface area (Å²) < 4.78 is 5.75. The standard InChI is InChI=1S/C36H66O4/c1-3-5-6-7-8-9-10-11-12-13-18-21-24-27-30-33-36(39)40-34(4-2)31-28-25-22-19-16-14-15-17-20-23-26-29-32-35(37)38/h8-9,11-12,34H,3-7,10,13-33H2,1-2H3,(H,37,38)/b9-8-,12-11-. The summed E-state index contributed by atoms with van der Waals surface area (Å²) in [6, 6.07) is 0. The van der Waals surface area contributed by atoms with Crippen molar-refractivity contribution in [2.45, 2.75) is 193 Å². The Bertz CT molecular complexity index is 610. The smallest absolute Gasteiger partial charge is 0.306 e. The van der Waals surface area contributed by atoms with Gasteiger partial charge in [-0.25, -0.2) is 0 Å². The Kier molecular flexibility index (Phi) is 30.7. The number of carbonyl (C=O) groups is 2. The van der Waals surface area contributed by atoms with Crippen molar-refractivity contribution in [3.8, 4) is 0 Å². The third-order valence-electron chi connectivity index (χ3n) is 7.75. The van der Waals surface area contributed by atoms with Crippen molar-refractivity contribution in [1.82, 2.24) is 0 Å². The molecular formula is C36H66O4. The van der Waals surface area contributed by atoms with Crippen molar-refractivity contribution in [3.05, 3.63) is 24.3 Å². The Morgan fingerprint density at radius 3 is 1.52 bits per heavy atom. The number of unbranched alkanes of at least 4 members (excludes halogenated alkanes) is 19. The predicted molar refractivity (Wildman–Crippen MR) is 172 cm³/mol. The van der Waals surface area contributed by atoms with Crippen LogP contribution in [0.2, 0.25) is 0 Å². The highest BCUT2D eigenvalue weighted by Gasteiger charge is 2.12. The van der Waals surface area contributed by atoms with Crippen LogP contribution in [0.15, 0.2) is 24.3 Å². The minimum atomic E-state index is -0.672. The first-order chi connectivity index (χ1) is 19.6. The van der Waals surface area contributed by atoms with Gasteiger partial charge < -0.3 is 9.84 Å². The second-order valence-electron chi connectivity index (χ2n) is 11.7. The van der Waals surface area contributed by atoms with Gasteiger partial charge in [-0.1, -0.05) is 134 Å². The van der Waals surface area contributed by atoms with Gasteiger partial charge in [0.1, 0.15) is 6.10 Å². The second-order valence-corrected chi connectivity index (χ2v) is 11.7. The van der Waals surface area contributed by atoms with Crippen LogP contribution in [0.1, 0.15) is 187 Å². The van der Waals surface area contributed by atoms with Crippen LogP contribution < -0.4 is 0 Å². The Morgan fingerprint density at radius 2 is 1.02 bits per heavy atom. The van der Waals surface area contributed by atoms with Crippen molar-refractivity contribution in [1.29, 1.82) is 0 Å². The maximum absolute atomic E-state index is 12.2. The third-order valence-corrected chi connectivity index (χ3v) is 7.75. The van der Waals surface area contributed by atoms with E-state index in [0.717, 1.165) is 51.4 Å². The highest BCUT2D eigenvalue weighted by Crippen LogP contribution is 2.16. The molecule has 4 heteroatoms. The van der Waals surface area contributed by atoms with Crippen LogP contribution in [0.4, 0.5) is 0 Å². The Labute approximate surface area is 248 Å². The van der Waals surface area contributed by atoms with Gasteiger partial charge in [0.2, 0.25) is 0 Å². The van der Waals surface area contributed by atoms with Gasteiger partial charge in [0, 0.05) is 12.8 Å². The number of esters is 1. The minimum Gasteiger partial charge on any atom is -0.481 e. The predicted octanol–water partition coefficient (Wildman–Crippen LogP) is 11.7. The van der Waals surface area contributed by atoms with Crippen LogP contribution in [-0.2, 0) is 14.3 Å². The largest absolute Gasteiger partial charge is 0.481 e. The molecule has 1 atom stereocenters. The summed E-state index contributed by atoms with van der Waals surface area (Å²) in [6.45, 7) is 4.38. The molecule has 1 N–H and O–H groups in total. The summed E-state index contributed by atoms with van der Waals surface area (Å²) >= 11 is 0. The van der Waals surface area contributed by atoms with E-state index in [0.29, 0.717) is 12.8 Å². The average Bonchev–Trinajstić information content (AvgIpc) is 2.94. The summed E-state index contributed by atoms with van der Waals surface area (Å²) in [5, 5.41) is 8.64. The van der Waals surface area contributed by atoms with E-state index in [9.17, 15) is 9.59 Å². The number of ether oxygens (including phenoxy) is 1. The van der Waals surface area contributed by atoms with E-state index in [-0.39, 0.29) is 12.1 Å². The van der Waals surface area contributed by atoms with Crippen molar-refractivity contribution in [3.63, 3.8) is 0 Å². The SMILES string of the molecule is CCCCC/C=C\C/C=C\CCCCCCCC(=O)OC(CC)CCCCCCCCCCCCCCC(=O)O. The molecule has 0 heterocycles. The van der Waals surface area contributed by atoms with Gasteiger partial charge in [-0.15, -0.1) is 0 Å². The molecule has 0 rings (SSSR count). The lowest BCUT2D eigenvalue weighted by molar-refractivity contribution is -0.149. The number of hydrogen-bond donors (Lipinski definition) is 1. The highest BCUT2D eigenvalue weighted by molar-refractivity contribution is 5.69. The Balaban J connectivity index is 3.48. The van der Waals surface area contributed by atoms with E-state index in [4.69, 9.17) is 9.84 Å². The van der Waals surface area contributed by atoms with E-state index < -0.39 is 5.97 Å². The van der Waals surface area contributed by atoms with Gasteiger partial charge in [0.25, 0.3) is 0 Å². The quantitative estimate of drug-likeness (QED) is 0.0518. The van der Waals surface area contributed by atoms with Crippen LogP contribution in [0, 0.1) is 0 Å². The molecule has 0 amide bonds. The molecule has 4 nitrogen and oxygen atoms in total.